The molecule has 0 aliphatic carbocycles. The van der Waals surface area contributed by atoms with E-state index < -0.39 is 11.9 Å². The Morgan fingerprint density at radius 1 is 0.640 bits per heavy atom. The van der Waals surface area contributed by atoms with Gasteiger partial charge in [0.1, 0.15) is 0 Å². The normalized spacial score (nSPS) is 10.3. The third-order valence-corrected chi connectivity index (χ3v) is 3.47. The molecule has 0 aromatic heterocycles. The van der Waals surface area contributed by atoms with Crippen LogP contribution in [-0.2, 0) is 29.1 Å². The molecule has 0 aliphatic rings. The summed E-state index contributed by atoms with van der Waals surface area (Å²) in [4.78, 5) is 20.0. The van der Waals surface area contributed by atoms with Crippen LogP contribution in [0.2, 0.25) is 0 Å². The average Bonchev–Trinajstić information content (AvgIpc) is 2.53. The summed E-state index contributed by atoms with van der Waals surface area (Å²) in [7, 11) is 0. The molecular weight excluding hydrogens is 370 g/mol. The minimum absolute atomic E-state index is 0. The molecule has 4 nitrogen and oxygen atoms in total. The molecule has 25 heavy (non-hydrogen) atoms. The van der Waals surface area contributed by atoms with Gasteiger partial charge in [-0.25, -0.2) is 0 Å². The Labute approximate surface area is 166 Å². The molecular formula is C20H34O4Zn. The second-order valence-corrected chi connectivity index (χ2v) is 5.79. The molecule has 0 saturated heterocycles. The van der Waals surface area contributed by atoms with Gasteiger partial charge in [-0.2, -0.15) is 0 Å². The Kier molecular flexibility index (Phi) is 29.2. The molecule has 0 spiro atoms. The number of carboxylic acid groups (broad SMARTS) is 2. The van der Waals surface area contributed by atoms with Gasteiger partial charge in [0.25, 0.3) is 0 Å². The molecule has 0 heterocycles. The zero-order chi connectivity index (χ0) is 18.5. The van der Waals surface area contributed by atoms with Gasteiger partial charge in [-0.05, 0) is 65.2 Å². The summed E-state index contributed by atoms with van der Waals surface area (Å²) in [6.07, 6.45) is 19.1. The summed E-state index contributed by atoms with van der Waals surface area (Å²) in [5.41, 5.74) is 0. The van der Waals surface area contributed by atoms with E-state index in [1.54, 1.807) is 0 Å². The van der Waals surface area contributed by atoms with E-state index in [2.05, 4.69) is 12.2 Å². The van der Waals surface area contributed by atoms with Gasteiger partial charge in [-0.1, -0.05) is 50.0 Å². The van der Waals surface area contributed by atoms with Crippen LogP contribution in [-0.4, -0.2) is 11.9 Å². The first-order valence-electron chi connectivity index (χ1n) is 9.16. The zero-order valence-electron chi connectivity index (χ0n) is 16.1. The minimum atomic E-state index is -0.927. The summed E-state index contributed by atoms with van der Waals surface area (Å²) in [5.74, 6) is -1.85. The van der Waals surface area contributed by atoms with Crippen molar-refractivity contribution in [1.29, 1.82) is 0 Å². The summed E-state index contributed by atoms with van der Waals surface area (Å²) in [6, 6.07) is 0. The van der Waals surface area contributed by atoms with Crippen LogP contribution in [0.5, 0.6) is 0 Å². The van der Waals surface area contributed by atoms with Gasteiger partial charge in [-0.3, -0.25) is 0 Å². The van der Waals surface area contributed by atoms with Crippen LogP contribution < -0.4 is 10.2 Å². The van der Waals surface area contributed by atoms with E-state index in [-0.39, 0.29) is 32.3 Å². The van der Waals surface area contributed by atoms with Crippen molar-refractivity contribution in [3.63, 3.8) is 0 Å². The maximum atomic E-state index is 10.0. The third kappa shape index (κ3) is 35.1. The molecule has 0 radical (unpaired) electrons. The molecule has 0 aromatic carbocycles. The Balaban J connectivity index is -0.000000372. The van der Waals surface area contributed by atoms with Crippen molar-refractivity contribution in [2.24, 2.45) is 0 Å². The van der Waals surface area contributed by atoms with Crippen molar-refractivity contribution < 1.29 is 39.3 Å². The maximum Gasteiger partial charge on any atom is 2.00 e. The number of carbonyl (C=O) groups is 2. The van der Waals surface area contributed by atoms with Crippen molar-refractivity contribution in [3.8, 4) is 0 Å². The van der Waals surface area contributed by atoms with Crippen LogP contribution in [0.25, 0.3) is 0 Å². The smallest absolute Gasteiger partial charge is 0.550 e. The van der Waals surface area contributed by atoms with Gasteiger partial charge in [0.2, 0.25) is 0 Å². The topological polar surface area (TPSA) is 80.3 Å². The van der Waals surface area contributed by atoms with E-state index in [0.717, 1.165) is 64.2 Å². The van der Waals surface area contributed by atoms with Crippen molar-refractivity contribution in [2.75, 3.05) is 0 Å². The van der Waals surface area contributed by atoms with E-state index >= 15 is 0 Å². The van der Waals surface area contributed by atoms with Crippen molar-refractivity contribution in [2.45, 2.75) is 90.9 Å². The number of rotatable bonds is 14. The molecule has 140 valence electrons. The van der Waals surface area contributed by atoms with Crippen molar-refractivity contribution in [3.05, 3.63) is 24.3 Å². The summed E-state index contributed by atoms with van der Waals surface area (Å²) < 4.78 is 0. The number of carbonyl (C=O) groups excluding carboxylic acids is 2. The molecule has 0 bridgehead atoms. The molecule has 0 N–H and O–H groups in total. The summed E-state index contributed by atoms with van der Waals surface area (Å²) in [6.45, 7) is 4.02. The Morgan fingerprint density at radius 2 is 0.960 bits per heavy atom. The number of hydrogen-bond donors (Lipinski definition) is 0. The van der Waals surface area contributed by atoms with E-state index in [1.165, 1.54) is 0 Å². The summed E-state index contributed by atoms with van der Waals surface area (Å²) in [5, 5.41) is 20.0. The zero-order valence-corrected chi connectivity index (χ0v) is 19.1. The molecule has 0 aromatic rings. The SMILES string of the molecule is CC=CCCCCCCC(=O)[O-].CC=CCCCCCCC(=O)[O-].[Zn+2]. The number of unbranched alkanes of at least 4 members (excludes halogenated alkanes) is 8. The van der Waals surface area contributed by atoms with Crippen LogP contribution in [0.15, 0.2) is 24.3 Å². The van der Waals surface area contributed by atoms with Crippen LogP contribution in [0.1, 0.15) is 90.9 Å². The van der Waals surface area contributed by atoms with E-state index in [9.17, 15) is 19.8 Å². The Morgan fingerprint density at radius 3 is 1.24 bits per heavy atom. The first-order valence-corrected chi connectivity index (χ1v) is 9.16. The maximum absolute atomic E-state index is 10.0. The van der Waals surface area contributed by atoms with Crippen LogP contribution in [0, 0.1) is 0 Å². The molecule has 0 unspecified atom stereocenters. The molecule has 0 aliphatic heterocycles. The van der Waals surface area contributed by atoms with E-state index in [1.807, 2.05) is 26.0 Å². The van der Waals surface area contributed by atoms with Gasteiger partial charge in [0.05, 0.1) is 0 Å². The quantitative estimate of drug-likeness (QED) is 0.253. The number of allylic oxidation sites excluding steroid dienone is 4. The predicted molar refractivity (Wildman–Crippen MR) is 95.0 cm³/mol. The molecule has 5 heteroatoms. The Hall–Kier alpha value is -0.957. The van der Waals surface area contributed by atoms with Gasteiger partial charge in [0, 0.05) is 11.9 Å². The Bertz CT molecular complexity index is 318. The van der Waals surface area contributed by atoms with Gasteiger partial charge >= 0.3 is 19.5 Å². The minimum Gasteiger partial charge on any atom is -0.550 e. The standard InChI is InChI=1S/2C10H18O2.Zn/c2*1-2-3-4-5-6-7-8-9-10(11)12;/h2*2-3H,4-9H2,1H3,(H,11,12);/q;;+2/p-2. The van der Waals surface area contributed by atoms with Crippen molar-refractivity contribution in [1.82, 2.24) is 0 Å². The molecule has 0 rings (SSSR count). The number of aliphatic carboxylic acids is 2. The van der Waals surface area contributed by atoms with Crippen LogP contribution in [0.3, 0.4) is 0 Å². The number of carboxylic acids is 2. The van der Waals surface area contributed by atoms with E-state index in [4.69, 9.17) is 0 Å². The molecule has 0 atom stereocenters. The van der Waals surface area contributed by atoms with E-state index in [0.29, 0.717) is 0 Å². The molecule has 0 saturated carbocycles. The van der Waals surface area contributed by atoms with Gasteiger partial charge in [0.15, 0.2) is 0 Å². The fraction of sp³-hybridized carbons (Fsp3) is 0.700. The van der Waals surface area contributed by atoms with Crippen LogP contribution >= 0.6 is 0 Å². The predicted octanol–water partition coefficient (Wildman–Crippen LogP) is 3.30. The summed E-state index contributed by atoms with van der Waals surface area (Å²) >= 11 is 0. The second-order valence-electron chi connectivity index (χ2n) is 5.79. The molecule has 0 amide bonds. The molecule has 0 fully saturated rings. The first-order chi connectivity index (χ1) is 11.5. The second kappa shape index (κ2) is 25.3. The fourth-order valence-electron chi connectivity index (χ4n) is 2.10. The van der Waals surface area contributed by atoms with Gasteiger partial charge in [-0.15, -0.1) is 0 Å². The monoisotopic (exact) mass is 402 g/mol. The van der Waals surface area contributed by atoms with Gasteiger partial charge < -0.3 is 19.8 Å². The third-order valence-electron chi connectivity index (χ3n) is 3.47. The van der Waals surface area contributed by atoms with Crippen LogP contribution in [0.4, 0.5) is 0 Å². The fourth-order valence-corrected chi connectivity index (χ4v) is 2.10. The van der Waals surface area contributed by atoms with Crippen molar-refractivity contribution >= 4 is 11.9 Å². The average molecular weight is 404 g/mol. The first kappa shape index (κ1) is 28.8. The largest absolute Gasteiger partial charge is 2.00 e. The number of hydrogen-bond acceptors (Lipinski definition) is 4.